The quantitative estimate of drug-likeness (QED) is 0.762. The van der Waals surface area contributed by atoms with E-state index in [9.17, 15) is 9.59 Å². The molecule has 2 aromatic rings. The summed E-state index contributed by atoms with van der Waals surface area (Å²) in [6.45, 7) is 3.35. The molecule has 2 rings (SSSR count). The molecule has 0 aliphatic rings. The fourth-order valence-corrected chi connectivity index (χ4v) is 2.70. The van der Waals surface area contributed by atoms with Gasteiger partial charge in [0, 0.05) is 43.0 Å². The summed E-state index contributed by atoms with van der Waals surface area (Å²) >= 11 is 0. The van der Waals surface area contributed by atoms with Crippen LogP contribution in [-0.4, -0.2) is 42.0 Å². The first kappa shape index (κ1) is 17.1. The molecule has 23 heavy (non-hydrogen) atoms. The molecule has 0 fully saturated rings. The van der Waals surface area contributed by atoms with Crippen LogP contribution >= 0.6 is 0 Å². The standard InChI is InChI=1S/C18H24N2O3/c1-3-20(17(21)9-6-10-18(22)23-2)12-11-14-13-19-16-8-5-4-7-15(14)16/h4-5,7-8,13,19H,3,6,9-12H2,1-2H3. The summed E-state index contributed by atoms with van der Waals surface area (Å²) in [5, 5.41) is 1.21. The van der Waals surface area contributed by atoms with Gasteiger partial charge in [-0.05, 0) is 31.4 Å². The zero-order valence-corrected chi connectivity index (χ0v) is 13.8. The van der Waals surface area contributed by atoms with Crippen molar-refractivity contribution >= 4 is 22.8 Å². The second-order valence-corrected chi connectivity index (χ2v) is 5.51. The lowest BCUT2D eigenvalue weighted by Crippen LogP contribution is -2.32. The van der Waals surface area contributed by atoms with E-state index in [0.29, 0.717) is 32.4 Å². The van der Waals surface area contributed by atoms with Crippen molar-refractivity contribution in [3.63, 3.8) is 0 Å². The minimum Gasteiger partial charge on any atom is -0.469 e. The number of amides is 1. The Hall–Kier alpha value is -2.30. The van der Waals surface area contributed by atoms with Crippen molar-refractivity contribution in [3.8, 4) is 0 Å². The lowest BCUT2D eigenvalue weighted by atomic mass is 10.1. The summed E-state index contributed by atoms with van der Waals surface area (Å²) in [5.74, 6) is -0.170. The molecule has 1 N–H and O–H groups in total. The van der Waals surface area contributed by atoms with Gasteiger partial charge in [0.2, 0.25) is 5.91 Å². The van der Waals surface area contributed by atoms with Crippen LogP contribution in [-0.2, 0) is 20.7 Å². The molecule has 0 atom stereocenters. The van der Waals surface area contributed by atoms with E-state index in [2.05, 4.69) is 15.8 Å². The average Bonchev–Trinajstić information content (AvgIpc) is 2.98. The van der Waals surface area contributed by atoms with Gasteiger partial charge in [0.1, 0.15) is 0 Å². The topological polar surface area (TPSA) is 62.4 Å². The number of likely N-dealkylation sites (N-methyl/N-ethyl adjacent to an activating group) is 1. The Morgan fingerprint density at radius 2 is 2.00 bits per heavy atom. The van der Waals surface area contributed by atoms with Crippen LogP contribution in [0, 0.1) is 0 Å². The Kier molecular flexibility index (Phi) is 6.20. The molecule has 0 aliphatic heterocycles. The molecule has 1 heterocycles. The second kappa shape index (κ2) is 8.36. The molecule has 0 unspecified atom stereocenters. The molecule has 124 valence electrons. The predicted octanol–water partition coefficient (Wildman–Crippen LogP) is 2.90. The maximum atomic E-state index is 12.2. The van der Waals surface area contributed by atoms with Gasteiger partial charge in [-0.25, -0.2) is 0 Å². The van der Waals surface area contributed by atoms with E-state index in [1.54, 1.807) is 0 Å². The number of hydrogen-bond acceptors (Lipinski definition) is 3. The zero-order chi connectivity index (χ0) is 16.7. The number of ether oxygens (including phenoxy) is 1. The van der Waals surface area contributed by atoms with Gasteiger partial charge >= 0.3 is 5.97 Å². The van der Waals surface area contributed by atoms with Crippen molar-refractivity contribution in [2.24, 2.45) is 0 Å². The number of carbonyl (C=O) groups is 2. The summed E-state index contributed by atoms with van der Waals surface area (Å²) in [4.78, 5) is 28.4. The van der Waals surface area contributed by atoms with Crippen molar-refractivity contribution < 1.29 is 14.3 Å². The number of fused-ring (bicyclic) bond motifs is 1. The predicted molar refractivity (Wildman–Crippen MR) is 90.1 cm³/mol. The highest BCUT2D eigenvalue weighted by Gasteiger charge is 2.13. The number of benzene rings is 1. The molecule has 0 bridgehead atoms. The third-order valence-corrected chi connectivity index (χ3v) is 4.06. The molecule has 0 radical (unpaired) electrons. The van der Waals surface area contributed by atoms with Crippen LogP contribution < -0.4 is 0 Å². The van der Waals surface area contributed by atoms with E-state index in [4.69, 9.17) is 0 Å². The first-order chi connectivity index (χ1) is 11.2. The lowest BCUT2D eigenvalue weighted by molar-refractivity contribution is -0.140. The highest BCUT2D eigenvalue weighted by Crippen LogP contribution is 2.18. The number of para-hydroxylation sites is 1. The maximum absolute atomic E-state index is 12.2. The summed E-state index contributed by atoms with van der Waals surface area (Å²) in [7, 11) is 1.36. The third kappa shape index (κ3) is 4.58. The van der Waals surface area contributed by atoms with E-state index in [1.165, 1.54) is 18.1 Å². The van der Waals surface area contributed by atoms with Gasteiger partial charge in [0.05, 0.1) is 7.11 Å². The number of hydrogen-bond donors (Lipinski definition) is 1. The smallest absolute Gasteiger partial charge is 0.305 e. The number of rotatable bonds is 8. The Morgan fingerprint density at radius 1 is 1.22 bits per heavy atom. The molecule has 0 spiro atoms. The minimum absolute atomic E-state index is 0.0937. The van der Waals surface area contributed by atoms with E-state index < -0.39 is 0 Å². The van der Waals surface area contributed by atoms with E-state index in [0.717, 1.165) is 11.9 Å². The van der Waals surface area contributed by atoms with Gasteiger partial charge in [-0.1, -0.05) is 18.2 Å². The molecule has 1 amide bonds. The van der Waals surface area contributed by atoms with Crippen molar-refractivity contribution in [1.29, 1.82) is 0 Å². The molecular weight excluding hydrogens is 292 g/mol. The summed E-state index contributed by atoms with van der Waals surface area (Å²) in [6, 6.07) is 8.17. The number of aromatic nitrogens is 1. The van der Waals surface area contributed by atoms with Crippen LogP contribution in [0.2, 0.25) is 0 Å². The molecule has 0 aliphatic carbocycles. The van der Waals surface area contributed by atoms with Crippen molar-refractivity contribution in [2.45, 2.75) is 32.6 Å². The highest BCUT2D eigenvalue weighted by atomic mass is 16.5. The van der Waals surface area contributed by atoms with Crippen molar-refractivity contribution in [2.75, 3.05) is 20.2 Å². The number of carbonyl (C=O) groups excluding carboxylic acids is 2. The monoisotopic (exact) mass is 316 g/mol. The molecule has 1 aromatic carbocycles. The minimum atomic E-state index is -0.264. The molecule has 5 heteroatoms. The molecule has 0 saturated heterocycles. The largest absolute Gasteiger partial charge is 0.469 e. The van der Waals surface area contributed by atoms with Crippen molar-refractivity contribution in [1.82, 2.24) is 9.88 Å². The third-order valence-electron chi connectivity index (χ3n) is 4.06. The van der Waals surface area contributed by atoms with E-state index in [-0.39, 0.29) is 11.9 Å². The molecule has 0 saturated carbocycles. The van der Waals surface area contributed by atoms with Gasteiger partial charge < -0.3 is 14.6 Å². The molecule has 5 nitrogen and oxygen atoms in total. The SMILES string of the molecule is CCN(CCc1c[nH]c2ccccc12)C(=O)CCCC(=O)OC. The number of H-pyrrole nitrogens is 1. The van der Waals surface area contributed by atoms with Crippen LogP contribution in [0.4, 0.5) is 0 Å². The highest BCUT2D eigenvalue weighted by molar-refractivity contribution is 5.83. The van der Waals surface area contributed by atoms with E-state index >= 15 is 0 Å². The van der Waals surface area contributed by atoms with Crippen LogP contribution in [0.1, 0.15) is 31.7 Å². The Bertz CT molecular complexity index is 663. The van der Waals surface area contributed by atoms with Gasteiger partial charge in [0.25, 0.3) is 0 Å². The van der Waals surface area contributed by atoms with Crippen LogP contribution in [0.5, 0.6) is 0 Å². The molecule has 1 aromatic heterocycles. The van der Waals surface area contributed by atoms with E-state index in [1.807, 2.05) is 36.2 Å². The average molecular weight is 316 g/mol. The number of nitrogens with one attached hydrogen (secondary N) is 1. The first-order valence-electron chi connectivity index (χ1n) is 8.05. The van der Waals surface area contributed by atoms with Gasteiger partial charge in [0.15, 0.2) is 0 Å². The van der Waals surface area contributed by atoms with Crippen molar-refractivity contribution in [3.05, 3.63) is 36.0 Å². The second-order valence-electron chi connectivity index (χ2n) is 5.51. The normalized spacial score (nSPS) is 10.7. The Balaban J connectivity index is 1.86. The summed E-state index contributed by atoms with van der Waals surface area (Å²) in [5.41, 5.74) is 2.34. The Morgan fingerprint density at radius 3 is 2.74 bits per heavy atom. The van der Waals surface area contributed by atoms with Gasteiger partial charge in [-0.2, -0.15) is 0 Å². The Labute approximate surface area is 136 Å². The maximum Gasteiger partial charge on any atom is 0.305 e. The number of esters is 1. The number of nitrogens with zero attached hydrogens (tertiary/aromatic N) is 1. The number of aromatic amines is 1. The zero-order valence-electron chi connectivity index (χ0n) is 13.8. The lowest BCUT2D eigenvalue weighted by Gasteiger charge is -2.20. The van der Waals surface area contributed by atoms with Gasteiger partial charge in [-0.3, -0.25) is 9.59 Å². The number of methoxy groups -OCH3 is 1. The van der Waals surface area contributed by atoms with Crippen LogP contribution in [0.3, 0.4) is 0 Å². The van der Waals surface area contributed by atoms with Crippen LogP contribution in [0.25, 0.3) is 10.9 Å². The summed E-state index contributed by atoms with van der Waals surface area (Å²) < 4.78 is 4.59. The fourth-order valence-electron chi connectivity index (χ4n) is 2.70. The fraction of sp³-hybridized carbons (Fsp3) is 0.444. The summed E-state index contributed by atoms with van der Waals surface area (Å²) in [6.07, 6.45) is 4.05. The van der Waals surface area contributed by atoms with Crippen LogP contribution in [0.15, 0.2) is 30.5 Å². The first-order valence-corrected chi connectivity index (χ1v) is 8.05. The molecular formula is C18H24N2O3. The van der Waals surface area contributed by atoms with Gasteiger partial charge in [-0.15, -0.1) is 0 Å².